The Balaban J connectivity index is 1.28. The summed E-state index contributed by atoms with van der Waals surface area (Å²) in [5.41, 5.74) is 7.78. The molecule has 8 nitrogen and oxygen atoms in total. The number of hydrogen-bond donors (Lipinski definition) is 3. The van der Waals surface area contributed by atoms with E-state index < -0.39 is 0 Å². The monoisotopic (exact) mass is 618 g/mol. The zero-order chi connectivity index (χ0) is 32.0. The number of nitrogens with one attached hydrogen (secondary N) is 3. The van der Waals surface area contributed by atoms with Gasteiger partial charge in [0.05, 0.1) is 16.6 Å². The van der Waals surface area contributed by atoms with E-state index in [9.17, 15) is 0 Å². The Hall–Kier alpha value is -4.47. The highest BCUT2D eigenvalue weighted by Gasteiger charge is 2.19. The number of hydrogen-bond acceptors (Lipinski definition) is 6. The molecule has 3 N–H and O–H groups in total. The lowest BCUT2D eigenvalue weighted by atomic mass is 9.91. The molecular weight excluding hydrogens is 575 g/mol. The van der Waals surface area contributed by atoms with Gasteiger partial charge in [-0.3, -0.25) is 15.1 Å². The number of imidazole rings is 1. The van der Waals surface area contributed by atoms with Gasteiger partial charge in [-0.15, -0.1) is 0 Å². The van der Waals surface area contributed by atoms with Crippen molar-refractivity contribution in [3.8, 4) is 22.8 Å². The van der Waals surface area contributed by atoms with Gasteiger partial charge in [0.15, 0.2) is 5.82 Å². The second-order valence-corrected chi connectivity index (χ2v) is 12.2. The quantitative estimate of drug-likeness (QED) is 0.160. The third-order valence-electron chi connectivity index (χ3n) is 9.00. The zero-order valence-corrected chi connectivity index (χ0v) is 27.0. The van der Waals surface area contributed by atoms with E-state index in [4.69, 9.17) is 4.98 Å². The number of allylic oxidation sites excluding steroid dienone is 2. The molecule has 5 heterocycles. The van der Waals surface area contributed by atoms with Crippen molar-refractivity contribution >= 4 is 29.3 Å². The highest BCUT2D eigenvalue weighted by molar-refractivity contribution is 5.91. The number of aromatic nitrogens is 6. The molecule has 6 rings (SSSR count). The van der Waals surface area contributed by atoms with Crippen LogP contribution in [0.4, 0.5) is 4.39 Å². The number of H-pyrrole nitrogens is 2. The average Bonchev–Trinajstić information content (AvgIpc) is 3.83. The van der Waals surface area contributed by atoms with Crippen LogP contribution in [0.15, 0.2) is 55.0 Å². The normalized spacial score (nSPS) is 15.3. The Labute approximate surface area is 269 Å². The Morgan fingerprint density at radius 2 is 1.98 bits per heavy atom. The average molecular weight is 619 g/mol. The summed E-state index contributed by atoms with van der Waals surface area (Å²) in [6, 6.07) is 9.36. The van der Waals surface area contributed by atoms with E-state index in [0.717, 1.165) is 76.4 Å². The molecule has 0 spiro atoms. The minimum absolute atomic E-state index is 0.252. The van der Waals surface area contributed by atoms with E-state index in [1.54, 1.807) is 18.3 Å². The van der Waals surface area contributed by atoms with Gasteiger partial charge in [-0.1, -0.05) is 26.5 Å². The number of pyridine rings is 2. The smallest absolute Gasteiger partial charge is 0.159 e. The fraction of sp³-hybridized carbons (Fsp3) is 0.351. The highest BCUT2D eigenvalue weighted by Crippen LogP contribution is 2.32. The van der Waals surface area contributed by atoms with Crippen LogP contribution in [0.2, 0.25) is 0 Å². The number of fused-ring (bicyclic) bond motifs is 1. The Morgan fingerprint density at radius 1 is 1.13 bits per heavy atom. The summed E-state index contributed by atoms with van der Waals surface area (Å²) in [6.45, 7) is 15.7. The van der Waals surface area contributed by atoms with Gasteiger partial charge < -0.3 is 15.2 Å². The van der Waals surface area contributed by atoms with E-state index in [1.807, 2.05) is 30.6 Å². The van der Waals surface area contributed by atoms with Crippen LogP contribution in [0, 0.1) is 5.82 Å². The molecular formula is C37H43FN8. The van der Waals surface area contributed by atoms with Crippen LogP contribution in [0.3, 0.4) is 0 Å². The summed E-state index contributed by atoms with van der Waals surface area (Å²) in [4.78, 5) is 19.9. The summed E-state index contributed by atoms with van der Waals surface area (Å²) in [5.74, 6) is 0.616. The van der Waals surface area contributed by atoms with Crippen molar-refractivity contribution in [2.45, 2.75) is 58.9 Å². The summed E-state index contributed by atoms with van der Waals surface area (Å²) >= 11 is 0. The van der Waals surface area contributed by atoms with E-state index >= 15 is 4.39 Å². The molecule has 0 amide bonds. The maximum atomic E-state index is 15.1. The summed E-state index contributed by atoms with van der Waals surface area (Å²) in [5, 5.41) is 12.5. The number of halogens is 1. The first kappa shape index (κ1) is 31.5. The van der Waals surface area contributed by atoms with Crippen molar-refractivity contribution in [2.24, 2.45) is 0 Å². The molecule has 46 heavy (non-hydrogen) atoms. The molecule has 1 aromatic carbocycles. The number of rotatable bonds is 12. The first-order valence-electron chi connectivity index (χ1n) is 16.4. The molecule has 1 aliphatic heterocycles. The molecule has 1 unspecified atom stereocenters. The fourth-order valence-electron chi connectivity index (χ4n) is 6.28. The summed E-state index contributed by atoms with van der Waals surface area (Å²) < 4.78 is 15.1. The van der Waals surface area contributed by atoms with Gasteiger partial charge in [0, 0.05) is 35.9 Å². The lowest BCUT2D eigenvalue weighted by Gasteiger charge is -2.21. The molecule has 1 fully saturated rings. The van der Waals surface area contributed by atoms with Crippen molar-refractivity contribution in [2.75, 3.05) is 26.2 Å². The Bertz CT molecular complexity index is 1950. The van der Waals surface area contributed by atoms with Crippen molar-refractivity contribution in [3.63, 3.8) is 0 Å². The van der Waals surface area contributed by atoms with E-state index in [0.29, 0.717) is 22.7 Å². The molecule has 1 aliphatic rings. The Morgan fingerprint density at radius 3 is 2.78 bits per heavy atom. The standard InChI is InChI=1S/C37H43FN8/c1-5-27(12-16-46-14-7-8-15-46)28-18-29(20-31(38)19-28)35-36-33(11-13-41-35)42-37(43-36)34-25(4)32(44-45-34)10-9-24(3)30-17-26(21-39-6-2)22-40-23-30/h9-11,13,17-20,22-23,27,39,44H,4-8,12,14-16,21H2,1-3H3,(H,42,43)/b24-9+,32-10+. The van der Waals surface area contributed by atoms with Gasteiger partial charge >= 0.3 is 0 Å². The van der Waals surface area contributed by atoms with E-state index in [2.05, 4.69) is 74.8 Å². The molecule has 1 saturated heterocycles. The molecule has 1 atom stereocenters. The van der Waals surface area contributed by atoms with Crippen molar-refractivity contribution in [1.82, 2.24) is 40.3 Å². The van der Waals surface area contributed by atoms with Gasteiger partial charge in [-0.2, -0.15) is 5.10 Å². The topological polar surface area (TPSA) is 98.4 Å². The molecule has 0 bridgehead atoms. The molecule has 0 aliphatic carbocycles. The fourth-order valence-corrected chi connectivity index (χ4v) is 6.28. The van der Waals surface area contributed by atoms with Crippen LogP contribution in [-0.2, 0) is 6.54 Å². The van der Waals surface area contributed by atoms with Crippen molar-refractivity contribution in [3.05, 3.63) is 88.1 Å². The van der Waals surface area contributed by atoms with Crippen molar-refractivity contribution < 1.29 is 4.39 Å². The maximum Gasteiger partial charge on any atom is 0.159 e. The number of benzene rings is 1. The largest absolute Gasteiger partial charge is 0.336 e. The minimum Gasteiger partial charge on any atom is -0.336 e. The van der Waals surface area contributed by atoms with Gasteiger partial charge in [0.1, 0.15) is 17.0 Å². The number of nitrogens with zero attached hydrogens (tertiary/aromatic N) is 5. The predicted octanol–water partition coefficient (Wildman–Crippen LogP) is 5.93. The molecule has 9 heteroatoms. The van der Waals surface area contributed by atoms with Gasteiger partial charge in [0.2, 0.25) is 0 Å². The highest BCUT2D eigenvalue weighted by atomic mass is 19.1. The van der Waals surface area contributed by atoms with Gasteiger partial charge in [0.25, 0.3) is 0 Å². The molecule has 0 radical (unpaired) electrons. The SMILES string of the molecule is C=c1c(-c2nc3c(-c4cc(F)cc(C(CC)CCN5CCCC5)c4)nccc3[nH]2)n[nH]/c1=C/C=C(\C)c1cncc(CNCC)c1. The van der Waals surface area contributed by atoms with Gasteiger partial charge in [-0.05, 0) is 123 Å². The summed E-state index contributed by atoms with van der Waals surface area (Å²) in [7, 11) is 0. The number of likely N-dealkylation sites (tertiary alicyclic amines) is 1. The molecule has 0 saturated carbocycles. The van der Waals surface area contributed by atoms with Crippen LogP contribution in [0.25, 0.3) is 52.0 Å². The van der Waals surface area contributed by atoms with E-state index in [1.165, 1.54) is 25.9 Å². The first-order valence-corrected chi connectivity index (χ1v) is 16.4. The first-order chi connectivity index (χ1) is 22.4. The van der Waals surface area contributed by atoms with Crippen LogP contribution in [0.1, 0.15) is 69.1 Å². The number of aromatic amines is 2. The second-order valence-electron chi connectivity index (χ2n) is 12.2. The van der Waals surface area contributed by atoms with Gasteiger partial charge in [-0.25, -0.2) is 9.37 Å². The van der Waals surface area contributed by atoms with Crippen LogP contribution in [0.5, 0.6) is 0 Å². The van der Waals surface area contributed by atoms with Crippen molar-refractivity contribution in [1.29, 1.82) is 0 Å². The predicted molar refractivity (Wildman–Crippen MR) is 185 cm³/mol. The zero-order valence-electron chi connectivity index (χ0n) is 27.0. The van der Waals surface area contributed by atoms with Crippen LogP contribution < -0.4 is 15.9 Å². The van der Waals surface area contributed by atoms with Crippen LogP contribution >= 0.6 is 0 Å². The third-order valence-corrected chi connectivity index (χ3v) is 9.00. The molecule has 5 aromatic rings. The second kappa shape index (κ2) is 14.3. The molecule has 4 aromatic heterocycles. The molecule has 238 valence electrons. The van der Waals surface area contributed by atoms with E-state index in [-0.39, 0.29) is 11.7 Å². The Kier molecular flexibility index (Phi) is 9.80. The maximum absolute atomic E-state index is 15.1. The lowest BCUT2D eigenvalue weighted by molar-refractivity contribution is 0.319. The third kappa shape index (κ3) is 7.00. The lowest BCUT2D eigenvalue weighted by Crippen LogP contribution is -2.22. The van der Waals surface area contributed by atoms with Crippen LogP contribution in [-0.4, -0.2) is 61.2 Å². The summed E-state index contributed by atoms with van der Waals surface area (Å²) in [6.07, 6.45) is 14.0. The minimum atomic E-state index is -0.252.